The number of aromatic nitrogens is 2. The third-order valence-corrected chi connectivity index (χ3v) is 3.14. The summed E-state index contributed by atoms with van der Waals surface area (Å²) >= 11 is 0. The molecule has 15 heavy (non-hydrogen) atoms. The quantitative estimate of drug-likeness (QED) is 0.795. The first-order valence-corrected chi connectivity index (χ1v) is 5.76. The SMILES string of the molecule is c1ncn(CC2CNCCO2)c1C1CC1. The molecule has 1 aliphatic heterocycles. The first-order valence-electron chi connectivity index (χ1n) is 5.76. The molecule has 0 amide bonds. The average molecular weight is 207 g/mol. The van der Waals surface area contributed by atoms with Gasteiger partial charge in [-0.1, -0.05) is 0 Å². The van der Waals surface area contributed by atoms with E-state index >= 15 is 0 Å². The van der Waals surface area contributed by atoms with E-state index in [4.69, 9.17) is 4.74 Å². The van der Waals surface area contributed by atoms with E-state index in [0.29, 0.717) is 6.10 Å². The lowest BCUT2D eigenvalue weighted by Crippen LogP contribution is -2.40. The average Bonchev–Trinajstić information content (AvgIpc) is 3.02. The van der Waals surface area contributed by atoms with Crippen molar-refractivity contribution in [3.63, 3.8) is 0 Å². The molecule has 0 radical (unpaired) electrons. The number of hydrogen-bond acceptors (Lipinski definition) is 3. The second-order valence-electron chi connectivity index (χ2n) is 4.44. The van der Waals surface area contributed by atoms with Gasteiger partial charge in [-0.3, -0.25) is 0 Å². The van der Waals surface area contributed by atoms with Gasteiger partial charge in [-0.2, -0.15) is 0 Å². The molecule has 1 saturated heterocycles. The molecular formula is C11H17N3O. The minimum absolute atomic E-state index is 0.311. The van der Waals surface area contributed by atoms with Crippen LogP contribution in [0.3, 0.4) is 0 Å². The fraction of sp³-hybridized carbons (Fsp3) is 0.727. The number of imidazole rings is 1. The molecule has 2 aliphatic rings. The van der Waals surface area contributed by atoms with Gasteiger partial charge in [0, 0.05) is 30.9 Å². The van der Waals surface area contributed by atoms with Crippen LogP contribution in [0, 0.1) is 0 Å². The standard InChI is InChI=1S/C11H17N3O/c1-2-9(1)11-6-13-8-14(11)7-10-5-12-3-4-15-10/h6,8-10,12H,1-5,7H2. The van der Waals surface area contributed by atoms with Crippen molar-refractivity contribution in [3.8, 4) is 0 Å². The zero-order valence-electron chi connectivity index (χ0n) is 8.85. The fourth-order valence-electron chi connectivity index (χ4n) is 2.16. The van der Waals surface area contributed by atoms with Crippen molar-refractivity contribution in [2.75, 3.05) is 19.7 Å². The van der Waals surface area contributed by atoms with Crippen molar-refractivity contribution in [2.24, 2.45) is 0 Å². The first kappa shape index (κ1) is 9.36. The minimum Gasteiger partial charge on any atom is -0.374 e. The largest absolute Gasteiger partial charge is 0.374 e. The van der Waals surface area contributed by atoms with Gasteiger partial charge in [0.15, 0.2) is 0 Å². The van der Waals surface area contributed by atoms with Crippen LogP contribution in [0.15, 0.2) is 12.5 Å². The zero-order chi connectivity index (χ0) is 10.1. The van der Waals surface area contributed by atoms with E-state index in [2.05, 4.69) is 14.9 Å². The van der Waals surface area contributed by atoms with Crippen molar-refractivity contribution in [3.05, 3.63) is 18.2 Å². The zero-order valence-corrected chi connectivity index (χ0v) is 8.85. The highest BCUT2D eigenvalue weighted by molar-refractivity contribution is 5.12. The topological polar surface area (TPSA) is 39.1 Å². The van der Waals surface area contributed by atoms with Gasteiger partial charge in [-0.25, -0.2) is 4.98 Å². The summed E-state index contributed by atoms with van der Waals surface area (Å²) in [6, 6.07) is 0. The van der Waals surface area contributed by atoms with Crippen LogP contribution in [0.5, 0.6) is 0 Å². The normalized spacial score (nSPS) is 26.8. The van der Waals surface area contributed by atoms with Gasteiger partial charge < -0.3 is 14.6 Å². The van der Waals surface area contributed by atoms with Gasteiger partial charge in [-0.15, -0.1) is 0 Å². The van der Waals surface area contributed by atoms with Crippen molar-refractivity contribution in [2.45, 2.75) is 31.4 Å². The Morgan fingerprint density at radius 1 is 1.53 bits per heavy atom. The second-order valence-corrected chi connectivity index (χ2v) is 4.44. The van der Waals surface area contributed by atoms with Gasteiger partial charge in [-0.05, 0) is 12.8 Å². The maximum absolute atomic E-state index is 5.70. The van der Waals surface area contributed by atoms with Crippen molar-refractivity contribution >= 4 is 0 Å². The molecule has 1 aromatic rings. The summed E-state index contributed by atoms with van der Waals surface area (Å²) in [4.78, 5) is 4.24. The summed E-state index contributed by atoms with van der Waals surface area (Å²) in [6.07, 6.45) is 6.91. The lowest BCUT2D eigenvalue weighted by atomic mass is 10.2. The molecule has 1 aromatic heterocycles. The molecule has 1 aliphatic carbocycles. The van der Waals surface area contributed by atoms with Gasteiger partial charge in [0.1, 0.15) is 0 Å². The molecule has 0 bridgehead atoms. The van der Waals surface area contributed by atoms with Crippen LogP contribution in [-0.4, -0.2) is 35.4 Å². The van der Waals surface area contributed by atoms with E-state index in [1.807, 2.05) is 12.5 Å². The van der Waals surface area contributed by atoms with Crippen LogP contribution in [0.25, 0.3) is 0 Å². The molecule has 2 heterocycles. The fourth-order valence-corrected chi connectivity index (χ4v) is 2.16. The van der Waals surface area contributed by atoms with Gasteiger partial charge in [0.05, 0.1) is 25.6 Å². The minimum atomic E-state index is 0.311. The molecular weight excluding hydrogens is 190 g/mol. The predicted molar refractivity (Wildman–Crippen MR) is 56.8 cm³/mol. The second kappa shape index (κ2) is 3.94. The Morgan fingerprint density at radius 3 is 3.20 bits per heavy atom. The molecule has 4 nitrogen and oxygen atoms in total. The van der Waals surface area contributed by atoms with E-state index in [-0.39, 0.29) is 0 Å². The van der Waals surface area contributed by atoms with E-state index in [1.165, 1.54) is 18.5 Å². The van der Waals surface area contributed by atoms with Crippen LogP contribution >= 0.6 is 0 Å². The molecule has 2 fully saturated rings. The molecule has 1 atom stereocenters. The smallest absolute Gasteiger partial charge is 0.0949 e. The summed E-state index contributed by atoms with van der Waals surface area (Å²) in [6.45, 7) is 3.72. The van der Waals surface area contributed by atoms with Gasteiger partial charge in [0.2, 0.25) is 0 Å². The number of nitrogens with one attached hydrogen (secondary N) is 1. The molecule has 3 rings (SSSR count). The Kier molecular flexibility index (Phi) is 2.46. The summed E-state index contributed by atoms with van der Waals surface area (Å²) in [5.41, 5.74) is 1.39. The maximum Gasteiger partial charge on any atom is 0.0949 e. The Morgan fingerprint density at radius 2 is 2.47 bits per heavy atom. The lowest BCUT2D eigenvalue weighted by Gasteiger charge is -2.24. The van der Waals surface area contributed by atoms with Crippen LogP contribution in [0.1, 0.15) is 24.5 Å². The Labute approximate surface area is 89.6 Å². The highest BCUT2D eigenvalue weighted by Gasteiger charge is 2.27. The van der Waals surface area contributed by atoms with Crippen LogP contribution in [-0.2, 0) is 11.3 Å². The summed E-state index contributed by atoms with van der Waals surface area (Å²) in [5, 5.41) is 3.35. The van der Waals surface area contributed by atoms with Gasteiger partial charge >= 0.3 is 0 Å². The van der Waals surface area contributed by atoms with Crippen LogP contribution in [0.4, 0.5) is 0 Å². The molecule has 1 unspecified atom stereocenters. The van der Waals surface area contributed by atoms with E-state index in [9.17, 15) is 0 Å². The van der Waals surface area contributed by atoms with Gasteiger partial charge in [0.25, 0.3) is 0 Å². The highest BCUT2D eigenvalue weighted by atomic mass is 16.5. The Hall–Kier alpha value is -0.870. The van der Waals surface area contributed by atoms with E-state index in [1.54, 1.807) is 0 Å². The predicted octanol–water partition coefficient (Wildman–Crippen LogP) is 0.749. The van der Waals surface area contributed by atoms with Crippen molar-refractivity contribution < 1.29 is 4.74 Å². The summed E-state index contributed by atoms with van der Waals surface area (Å²) < 4.78 is 7.95. The Balaban J connectivity index is 1.67. The molecule has 1 N–H and O–H groups in total. The third-order valence-electron chi connectivity index (χ3n) is 3.14. The first-order chi connectivity index (χ1) is 7.43. The van der Waals surface area contributed by atoms with Crippen LogP contribution < -0.4 is 5.32 Å². The maximum atomic E-state index is 5.70. The third kappa shape index (κ3) is 2.06. The van der Waals surface area contributed by atoms with E-state index in [0.717, 1.165) is 32.2 Å². The molecule has 0 spiro atoms. The summed E-state index contributed by atoms with van der Waals surface area (Å²) in [7, 11) is 0. The van der Waals surface area contributed by atoms with E-state index < -0.39 is 0 Å². The Bertz CT molecular complexity index is 326. The number of rotatable bonds is 3. The lowest BCUT2D eigenvalue weighted by molar-refractivity contribution is 0.0178. The highest BCUT2D eigenvalue weighted by Crippen LogP contribution is 2.39. The number of nitrogens with zero attached hydrogens (tertiary/aromatic N) is 2. The molecule has 1 saturated carbocycles. The van der Waals surface area contributed by atoms with Crippen molar-refractivity contribution in [1.29, 1.82) is 0 Å². The summed E-state index contributed by atoms with van der Waals surface area (Å²) in [5.74, 6) is 0.768. The number of morpholine rings is 1. The van der Waals surface area contributed by atoms with Crippen LogP contribution in [0.2, 0.25) is 0 Å². The molecule has 4 heteroatoms. The molecule has 0 aromatic carbocycles. The number of ether oxygens (including phenoxy) is 1. The monoisotopic (exact) mass is 207 g/mol. The number of hydrogen-bond donors (Lipinski definition) is 1. The molecule has 82 valence electrons. The van der Waals surface area contributed by atoms with Crippen molar-refractivity contribution in [1.82, 2.24) is 14.9 Å².